The molecule has 3 aromatic carbocycles. The van der Waals surface area contributed by atoms with Crippen LogP contribution in [0.3, 0.4) is 0 Å². The molecule has 1 unspecified atom stereocenters. The molecule has 1 atom stereocenters. The molecule has 1 aromatic heterocycles. The lowest BCUT2D eigenvalue weighted by Gasteiger charge is -2.15. The zero-order valence-corrected chi connectivity index (χ0v) is 31.6. The van der Waals surface area contributed by atoms with E-state index < -0.39 is 6.10 Å². The Morgan fingerprint density at radius 1 is 0.731 bits per heavy atom. The van der Waals surface area contributed by atoms with E-state index in [0.717, 1.165) is 34.6 Å². The number of fused-ring (bicyclic) bond motifs is 3. The van der Waals surface area contributed by atoms with Gasteiger partial charge in [-0.15, -0.1) is 0 Å². The average molecular weight is 739 g/mol. The molecule has 0 aliphatic rings. The topological polar surface area (TPSA) is 121 Å². The highest BCUT2D eigenvalue weighted by Crippen LogP contribution is 2.36. The van der Waals surface area contributed by atoms with E-state index in [2.05, 4.69) is 21.6 Å². The molecule has 286 valence electrons. The number of hydrogen-bond acceptors (Lipinski definition) is 10. The summed E-state index contributed by atoms with van der Waals surface area (Å²) in [5, 5.41) is 27.5. The first kappa shape index (κ1) is 41.4. The minimum absolute atomic E-state index is 0.0837. The van der Waals surface area contributed by atoms with E-state index >= 15 is 0 Å². The van der Waals surface area contributed by atoms with Gasteiger partial charge in [0.25, 0.3) is 12.3 Å². The number of benzene rings is 3. The number of aliphatic hydroxyl groups excluding tert-OH is 1. The van der Waals surface area contributed by atoms with Gasteiger partial charge in [0.15, 0.2) is 11.5 Å². The number of carbonyl (C=O) groups excluding carboxylic acids is 1. The predicted molar refractivity (Wildman–Crippen MR) is 209 cm³/mol. The fourth-order valence-corrected chi connectivity index (χ4v) is 6.85. The summed E-state index contributed by atoms with van der Waals surface area (Å²) in [5.41, 5.74) is 1.70. The zero-order chi connectivity index (χ0) is 36.6. The van der Waals surface area contributed by atoms with E-state index in [0.29, 0.717) is 55.7 Å². The summed E-state index contributed by atoms with van der Waals surface area (Å²) < 4.78 is 23.3. The maximum absolute atomic E-state index is 13.6. The lowest BCUT2D eigenvalue weighted by Crippen LogP contribution is -2.33. The maximum Gasteiger partial charge on any atom is 0.261 e. The van der Waals surface area contributed by atoms with E-state index in [1.165, 1.54) is 83.5 Å². The molecule has 4 rings (SSSR count). The molecule has 0 aliphatic heterocycles. The highest BCUT2D eigenvalue weighted by molar-refractivity contribution is 7.90. The Morgan fingerprint density at radius 2 is 1.33 bits per heavy atom. The molecule has 52 heavy (non-hydrogen) atoms. The Morgan fingerprint density at radius 3 is 2.02 bits per heavy atom. The van der Waals surface area contributed by atoms with E-state index in [1.807, 2.05) is 47.0 Å². The third-order valence-electron chi connectivity index (χ3n) is 9.28. The van der Waals surface area contributed by atoms with Gasteiger partial charge in [-0.2, -0.15) is 0 Å². The van der Waals surface area contributed by atoms with Gasteiger partial charge < -0.3 is 24.1 Å². The van der Waals surface area contributed by atoms with Crippen molar-refractivity contribution in [1.29, 1.82) is 0 Å². The zero-order valence-electron chi connectivity index (χ0n) is 30.8. The molecular weight excluding hydrogens is 681 g/mol. The third-order valence-corrected chi connectivity index (χ3v) is 9.65. The van der Waals surface area contributed by atoms with Crippen molar-refractivity contribution >= 4 is 40.0 Å². The Labute approximate surface area is 313 Å². The quantitative estimate of drug-likeness (QED) is 0.0215. The number of hydrogen-bond donors (Lipinski definition) is 3. The molecule has 3 N–H and O–H groups in total. The summed E-state index contributed by atoms with van der Waals surface area (Å²) in [5.74, 6) is 1.63. The van der Waals surface area contributed by atoms with Gasteiger partial charge in [0.1, 0.15) is 25.1 Å². The normalized spacial score (nSPS) is 12.1. The number of aromatic nitrogens is 1. The molecule has 0 saturated heterocycles. The van der Waals surface area contributed by atoms with Gasteiger partial charge in [-0.25, -0.2) is 5.26 Å². The van der Waals surface area contributed by atoms with E-state index in [9.17, 15) is 9.90 Å². The van der Waals surface area contributed by atoms with E-state index in [-0.39, 0.29) is 12.5 Å². The number of carbonyl (C=O) groups is 1. The molecule has 1 heterocycles. The van der Waals surface area contributed by atoms with Crippen molar-refractivity contribution in [1.82, 2.24) is 9.88 Å². The molecule has 0 radical (unpaired) electrons. The van der Waals surface area contributed by atoms with Crippen LogP contribution in [0.4, 0.5) is 0 Å². The van der Waals surface area contributed by atoms with Gasteiger partial charge in [-0.1, -0.05) is 143 Å². The number of para-hydroxylation sites is 3. The number of ether oxygens (including phenoxy) is 2. The Bertz CT molecular complexity index is 1580. The molecule has 0 fully saturated rings. The molecular formula is C41H58N2O8S. The van der Waals surface area contributed by atoms with Crippen molar-refractivity contribution < 1.29 is 38.2 Å². The van der Waals surface area contributed by atoms with Crippen LogP contribution in [0.15, 0.2) is 66.7 Å². The van der Waals surface area contributed by atoms with Crippen LogP contribution in [0.1, 0.15) is 114 Å². The molecule has 0 bridgehead atoms. The first-order valence-corrected chi connectivity index (χ1v) is 19.9. The average Bonchev–Trinajstić information content (AvgIpc) is 3.51. The Balaban J connectivity index is 1.17. The Kier molecular flexibility index (Phi) is 19.8. The van der Waals surface area contributed by atoms with Crippen LogP contribution < -0.4 is 19.0 Å². The van der Waals surface area contributed by atoms with Gasteiger partial charge in [0, 0.05) is 24.9 Å². The van der Waals surface area contributed by atoms with Crippen molar-refractivity contribution in [2.24, 2.45) is 0 Å². The van der Waals surface area contributed by atoms with Crippen LogP contribution >= 0.6 is 12.3 Å². The summed E-state index contributed by atoms with van der Waals surface area (Å²) in [7, 11) is 0. The second-order valence-electron chi connectivity index (χ2n) is 13.4. The number of nitrogens with zero attached hydrogens (tertiary/aromatic N) is 1. The first-order chi connectivity index (χ1) is 25.6. The lowest BCUT2D eigenvalue weighted by molar-refractivity contribution is -0.433. The fraction of sp³-hybridized carbons (Fsp3) is 0.537. The monoisotopic (exact) mass is 738 g/mol. The van der Waals surface area contributed by atoms with E-state index in [4.69, 9.17) is 18.9 Å². The van der Waals surface area contributed by atoms with Crippen molar-refractivity contribution in [3.05, 3.63) is 66.7 Å². The standard InChI is InChI=1S/C41H58N2O8S/c1-2-3-4-5-6-7-8-9-10-11-12-13-14-15-16-28-40(45)43-35-23-18-17-22-34(35)41-36(43)24-21-27-39(41)48-32-33(44)31-42-29-30-47-37-25-19-20-26-38(37)49-52-51-50-46/h17-27,33,42,44,46H,2-16,28-32H2,1H3. The molecule has 0 saturated carbocycles. The van der Waals surface area contributed by atoms with Crippen molar-refractivity contribution in [2.45, 2.75) is 116 Å². The minimum Gasteiger partial charge on any atom is -0.490 e. The molecule has 0 amide bonds. The number of aliphatic hydroxyl groups is 1. The second kappa shape index (κ2) is 24.8. The van der Waals surface area contributed by atoms with Gasteiger partial charge in [-0.05, 0) is 36.8 Å². The lowest BCUT2D eigenvalue weighted by atomic mass is 10.0. The van der Waals surface area contributed by atoms with Crippen LogP contribution in [-0.4, -0.2) is 53.2 Å². The predicted octanol–water partition coefficient (Wildman–Crippen LogP) is 10.5. The largest absolute Gasteiger partial charge is 0.490 e. The molecule has 10 nitrogen and oxygen atoms in total. The highest BCUT2D eigenvalue weighted by atomic mass is 32.2. The number of nitrogens with one attached hydrogen (secondary N) is 1. The van der Waals surface area contributed by atoms with Crippen LogP contribution in [0.25, 0.3) is 21.8 Å². The van der Waals surface area contributed by atoms with Crippen LogP contribution in [-0.2, 0) is 9.37 Å². The minimum atomic E-state index is -0.766. The van der Waals surface area contributed by atoms with Crippen LogP contribution in [0.2, 0.25) is 0 Å². The summed E-state index contributed by atoms with van der Waals surface area (Å²) in [4.78, 5) is 13.6. The molecule has 11 heteroatoms. The summed E-state index contributed by atoms with van der Waals surface area (Å²) in [6.45, 7) is 3.45. The molecule has 4 aromatic rings. The van der Waals surface area contributed by atoms with Gasteiger partial charge >= 0.3 is 0 Å². The number of unbranched alkanes of at least 4 members (excludes halogenated alkanes) is 14. The summed E-state index contributed by atoms with van der Waals surface area (Å²) >= 11 is 0.452. The van der Waals surface area contributed by atoms with Crippen molar-refractivity contribution in [3.63, 3.8) is 0 Å². The highest BCUT2D eigenvalue weighted by Gasteiger charge is 2.19. The summed E-state index contributed by atoms with van der Waals surface area (Å²) in [6.07, 6.45) is 19.2. The molecule has 0 spiro atoms. The first-order valence-electron chi connectivity index (χ1n) is 19.2. The second-order valence-corrected chi connectivity index (χ2v) is 13.8. The molecule has 0 aliphatic carbocycles. The van der Waals surface area contributed by atoms with Crippen molar-refractivity contribution in [3.8, 4) is 17.2 Å². The van der Waals surface area contributed by atoms with Crippen LogP contribution in [0, 0.1) is 0 Å². The van der Waals surface area contributed by atoms with E-state index in [1.54, 1.807) is 24.3 Å². The van der Waals surface area contributed by atoms with Gasteiger partial charge in [0.05, 0.1) is 16.4 Å². The fourth-order valence-electron chi connectivity index (χ4n) is 6.58. The van der Waals surface area contributed by atoms with Crippen LogP contribution in [0.5, 0.6) is 17.2 Å². The smallest absolute Gasteiger partial charge is 0.261 e. The van der Waals surface area contributed by atoms with Crippen molar-refractivity contribution in [2.75, 3.05) is 26.3 Å². The maximum atomic E-state index is 13.6. The summed E-state index contributed by atoms with van der Waals surface area (Å²) in [6, 6.07) is 20.7. The SMILES string of the molecule is CCCCCCCCCCCCCCCCCC(=O)n1c2ccccc2c2c(OCC(O)CNCCOc3ccccc3OSOOO)cccc21. The number of rotatable bonds is 29. The van der Waals surface area contributed by atoms with Gasteiger partial charge in [-0.3, -0.25) is 9.36 Å². The third kappa shape index (κ3) is 13.9. The van der Waals surface area contributed by atoms with Gasteiger partial charge in [0.2, 0.25) is 5.91 Å². The Hall–Kier alpha value is -3.32.